The molecule has 102 valence electrons. The Morgan fingerprint density at radius 1 is 1.10 bits per heavy atom. The number of nitrogens with zero attached hydrogens (tertiary/aromatic N) is 1. The van der Waals surface area contributed by atoms with E-state index < -0.39 is 0 Å². The molecule has 4 heteroatoms. The molecule has 0 saturated heterocycles. The van der Waals surface area contributed by atoms with Crippen molar-refractivity contribution < 1.29 is 4.79 Å². The summed E-state index contributed by atoms with van der Waals surface area (Å²) in [5.41, 5.74) is 9.21. The molecule has 0 aliphatic carbocycles. The van der Waals surface area contributed by atoms with Crippen LogP contribution in [-0.2, 0) is 4.79 Å². The summed E-state index contributed by atoms with van der Waals surface area (Å²) in [4.78, 5) is 13.8. The molecule has 4 nitrogen and oxygen atoms in total. The molecule has 1 unspecified atom stereocenters. The normalized spacial score (nSPS) is 15.4. The molecule has 0 fully saturated rings. The number of carbonyl (C=O) groups excluding carboxylic acids is 1. The Hall–Kier alpha value is -2.33. The molecule has 20 heavy (non-hydrogen) atoms. The molecule has 0 aromatic heterocycles. The van der Waals surface area contributed by atoms with Crippen LogP contribution in [-0.4, -0.2) is 19.0 Å². The second kappa shape index (κ2) is 5.35. The molecule has 2 aromatic carbocycles. The van der Waals surface area contributed by atoms with Crippen LogP contribution in [0.3, 0.4) is 0 Å². The number of anilines is 2. The Bertz CT molecular complexity index is 612. The minimum atomic E-state index is -0.116. The fraction of sp³-hybridized carbons (Fsp3) is 0.188. The summed E-state index contributed by atoms with van der Waals surface area (Å²) in [5.74, 6) is 0.00367. The Labute approximate surface area is 118 Å². The van der Waals surface area contributed by atoms with Gasteiger partial charge >= 0.3 is 0 Å². The number of hydrogen-bond acceptors (Lipinski definition) is 3. The molecule has 1 heterocycles. The van der Waals surface area contributed by atoms with E-state index in [9.17, 15) is 4.79 Å². The number of benzene rings is 2. The molecule has 0 radical (unpaired) electrons. The fourth-order valence-corrected chi connectivity index (χ4v) is 2.51. The van der Waals surface area contributed by atoms with E-state index in [-0.39, 0.29) is 11.9 Å². The number of para-hydroxylation sites is 2. The number of hydrogen-bond donors (Lipinski definition) is 2. The number of nitrogens with two attached hydrogens (primary N) is 1. The molecule has 3 rings (SSSR count). The maximum atomic E-state index is 11.8. The number of nitrogens with one attached hydrogen (secondary N) is 1. The van der Waals surface area contributed by atoms with Gasteiger partial charge in [-0.3, -0.25) is 4.79 Å². The van der Waals surface area contributed by atoms with E-state index in [1.807, 2.05) is 59.5 Å². The van der Waals surface area contributed by atoms with Gasteiger partial charge in [-0.25, -0.2) is 0 Å². The molecule has 1 amide bonds. The number of fused-ring (bicyclic) bond motifs is 1. The van der Waals surface area contributed by atoms with Gasteiger partial charge in [0.05, 0.1) is 17.9 Å². The molecule has 0 spiro atoms. The van der Waals surface area contributed by atoms with Crippen molar-refractivity contribution in [3.8, 4) is 0 Å². The first-order valence-electron chi connectivity index (χ1n) is 6.68. The van der Waals surface area contributed by atoms with Gasteiger partial charge in [0.2, 0.25) is 5.91 Å². The van der Waals surface area contributed by atoms with Gasteiger partial charge in [-0.2, -0.15) is 0 Å². The van der Waals surface area contributed by atoms with Crippen LogP contribution in [0.15, 0.2) is 54.6 Å². The molecular weight excluding hydrogens is 250 g/mol. The lowest BCUT2D eigenvalue weighted by Gasteiger charge is -2.32. The highest BCUT2D eigenvalue weighted by atomic mass is 16.2. The van der Waals surface area contributed by atoms with E-state index in [1.54, 1.807) is 0 Å². The number of rotatable bonds is 3. The zero-order valence-corrected chi connectivity index (χ0v) is 11.1. The Morgan fingerprint density at radius 2 is 1.80 bits per heavy atom. The van der Waals surface area contributed by atoms with Crippen LogP contribution in [0, 0.1) is 0 Å². The number of carbonyl (C=O) groups is 1. The maximum absolute atomic E-state index is 11.8. The van der Waals surface area contributed by atoms with E-state index in [2.05, 4.69) is 5.32 Å². The third kappa shape index (κ3) is 2.51. The summed E-state index contributed by atoms with van der Waals surface area (Å²) in [7, 11) is 0. The van der Waals surface area contributed by atoms with Gasteiger partial charge in [0.1, 0.15) is 0 Å². The predicted molar refractivity (Wildman–Crippen MR) is 80.7 cm³/mol. The van der Waals surface area contributed by atoms with Crippen molar-refractivity contribution >= 4 is 17.3 Å². The minimum absolute atomic E-state index is 0.00367. The zero-order valence-electron chi connectivity index (χ0n) is 11.1. The molecule has 1 aliphatic rings. The summed E-state index contributed by atoms with van der Waals surface area (Å²) in [6, 6.07) is 17.6. The third-order valence-corrected chi connectivity index (χ3v) is 3.50. The van der Waals surface area contributed by atoms with Gasteiger partial charge < -0.3 is 16.0 Å². The van der Waals surface area contributed by atoms with Gasteiger partial charge in [0.25, 0.3) is 0 Å². The summed E-state index contributed by atoms with van der Waals surface area (Å²) in [5, 5.41) is 2.88. The van der Waals surface area contributed by atoms with Crippen LogP contribution in [0.2, 0.25) is 0 Å². The summed E-state index contributed by atoms with van der Waals surface area (Å²) < 4.78 is 0. The quantitative estimate of drug-likeness (QED) is 0.895. The van der Waals surface area contributed by atoms with Crippen LogP contribution in [0.25, 0.3) is 0 Å². The van der Waals surface area contributed by atoms with Gasteiger partial charge in [0, 0.05) is 12.6 Å². The monoisotopic (exact) mass is 267 g/mol. The highest BCUT2D eigenvalue weighted by Crippen LogP contribution is 2.29. The third-order valence-electron chi connectivity index (χ3n) is 3.50. The maximum Gasteiger partial charge on any atom is 0.243 e. The first kappa shape index (κ1) is 12.7. The van der Waals surface area contributed by atoms with Gasteiger partial charge in [-0.05, 0) is 17.7 Å². The van der Waals surface area contributed by atoms with E-state index in [1.165, 1.54) is 0 Å². The second-order valence-corrected chi connectivity index (χ2v) is 4.96. The van der Waals surface area contributed by atoms with Crippen molar-refractivity contribution in [2.75, 3.05) is 23.3 Å². The van der Waals surface area contributed by atoms with Gasteiger partial charge in [0.15, 0.2) is 0 Å². The van der Waals surface area contributed by atoms with Crippen molar-refractivity contribution in [2.24, 2.45) is 5.73 Å². The summed E-state index contributed by atoms with van der Waals surface area (Å²) in [6.45, 7) is 0.964. The van der Waals surface area contributed by atoms with E-state index in [0.29, 0.717) is 13.1 Å². The largest absolute Gasteiger partial charge is 0.359 e. The first-order valence-corrected chi connectivity index (χ1v) is 6.68. The van der Waals surface area contributed by atoms with E-state index >= 15 is 0 Å². The molecule has 1 aliphatic heterocycles. The summed E-state index contributed by atoms with van der Waals surface area (Å²) >= 11 is 0. The average molecular weight is 267 g/mol. The second-order valence-electron chi connectivity index (χ2n) is 4.96. The Kier molecular flexibility index (Phi) is 3.39. The lowest BCUT2D eigenvalue weighted by atomic mass is 10.1. The van der Waals surface area contributed by atoms with Crippen molar-refractivity contribution in [1.82, 2.24) is 0 Å². The van der Waals surface area contributed by atoms with E-state index in [0.717, 1.165) is 16.9 Å². The standard InChI is InChI=1S/C16H17N3O/c17-13(12-6-2-1-3-7-12)10-19-11-16(20)18-14-8-4-5-9-15(14)19/h1-9,13H,10-11,17H2,(H,18,20). The van der Waals surface area contributed by atoms with Crippen LogP contribution in [0.5, 0.6) is 0 Å². The molecular formula is C16H17N3O. The van der Waals surface area contributed by atoms with Crippen LogP contribution in [0.1, 0.15) is 11.6 Å². The van der Waals surface area contributed by atoms with Gasteiger partial charge in [-0.1, -0.05) is 42.5 Å². The van der Waals surface area contributed by atoms with Crippen molar-refractivity contribution in [1.29, 1.82) is 0 Å². The highest BCUT2D eigenvalue weighted by Gasteiger charge is 2.23. The van der Waals surface area contributed by atoms with Crippen LogP contribution >= 0.6 is 0 Å². The molecule has 2 aromatic rings. The van der Waals surface area contributed by atoms with Crippen LogP contribution in [0.4, 0.5) is 11.4 Å². The minimum Gasteiger partial charge on any atom is -0.359 e. The predicted octanol–water partition coefficient (Wildman–Crippen LogP) is 2.15. The summed E-state index contributed by atoms with van der Waals surface area (Å²) in [6.07, 6.45) is 0. The van der Waals surface area contributed by atoms with Crippen molar-refractivity contribution in [3.05, 3.63) is 60.2 Å². The van der Waals surface area contributed by atoms with Crippen LogP contribution < -0.4 is 16.0 Å². The highest BCUT2D eigenvalue weighted by molar-refractivity contribution is 6.01. The zero-order chi connectivity index (χ0) is 13.9. The molecule has 1 atom stereocenters. The molecule has 0 saturated carbocycles. The topological polar surface area (TPSA) is 58.4 Å². The fourth-order valence-electron chi connectivity index (χ4n) is 2.51. The SMILES string of the molecule is NC(CN1CC(=O)Nc2ccccc21)c1ccccc1. The Balaban J connectivity index is 1.83. The number of amides is 1. The first-order chi connectivity index (χ1) is 9.74. The Morgan fingerprint density at radius 3 is 2.60 bits per heavy atom. The lowest BCUT2D eigenvalue weighted by molar-refractivity contribution is -0.115. The molecule has 0 bridgehead atoms. The average Bonchev–Trinajstić information content (AvgIpc) is 2.48. The van der Waals surface area contributed by atoms with Gasteiger partial charge in [-0.15, -0.1) is 0 Å². The van der Waals surface area contributed by atoms with Crippen molar-refractivity contribution in [2.45, 2.75) is 6.04 Å². The smallest absolute Gasteiger partial charge is 0.243 e. The van der Waals surface area contributed by atoms with E-state index in [4.69, 9.17) is 5.73 Å². The lowest BCUT2D eigenvalue weighted by Crippen LogP contribution is -2.41. The van der Waals surface area contributed by atoms with Crippen molar-refractivity contribution in [3.63, 3.8) is 0 Å². The molecule has 3 N–H and O–H groups in total.